The molecule has 21 heavy (non-hydrogen) atoms. The Hall–Kier alpha value is -2.30. The van der Waals surface area contributed by atoms with Gasteiger partial charge in [-0.05, 0) is 38.0 Å². The number of para-hydroxylation sites is 2. The smallest absolute Gasteiger partial charge is 0.306 e. The van der Waals surface area contributed by atoms with Crippen molar-refractivity contribution in [3.8, 4) is 11.4 Å². The van der Waals surface area contributed by atoms with Crippen molar-refractivity contribution in [3.63, 3.8) is 0 Å². The van der Waals surface area contributed by atoms with E-state index >= 15 is 0 Å². The van der Waals surface area contributed by atoms with Crippen molar-refractivity contribution in [3.05, 3.63) is 41.2 Å². The number of nitrogens with zero attached hydrogens (tertiary/aromatic N) is 2. The Balaban J connectivity index is 2.46. The number of aliphatic carboxylic acids is 1. The Kier molecular flexibility index (Phi) is 4.31. The third-order valence-corrected chi connectivity index (χ3v) is 3.69. The molecule has 1 atom stereocenters. The van der Waals surface area contributed by atoms with Crippen molar-refractivity contribution in [2.75, 3.05) is 7.11 Å². The molecule has 0 saturated carbocycles. The lowest BCUT2D eigenvalue weighted by Crippen LogP contribution is -2.13. The second-order valence-electron chi connectivity index (χ2n) is 5.18. The van der Waals surface area contributed by atoms with Gasteiger partial charge in [-0.1, -0.05) is 19.1 Å². The zero-order chi connectivity index (χ0) is 15.6. The van der Waals surface area contributed by atoms with Gasteiger partial charge in [0.05, 0.1) is 18.7 Å². The quantitative estimate of drug-likeness (QED) is 0.918. The zero-order valence-electron chi connectivity index (χ0n) is 12.8. The van der Waals surface area contributed by atoms with Gasteiger partial charge in [-0.3, -0.25) is 4.79 Å². The molecule has 5 nitrogen and oxygen atoms in total. The summed E-state index contributed by atoms with van der Waals surface area (Å²) in [6.45, 7) is 5.57. The molecule has 112 valence electrons. The summed E-state index contributed by atoms with van der Waals surface area (Å²) in [6, 6.07) is 7.64. The molecule has 5 heteroatoms. The van der Waals surface area contributed by atoms with Gasteiger partial charge in [0.25, 0.3) is 0 Å². The van der Waals surface area contributed by atoms with Crippen molar-refractivity contribution in [1.29, 1.82) is 0 Å². The highest BCUT2D eigenvalue weighted by molar-refractivity contribution is 5.70. The topological polar surface area (TPSA) is 64.4 Å². The Bertz CT molecular complexity index is 662. The molecule has 1 unspecified atom stereocenters. The SMILES string of the molecule is COc1ccccc1-n1nc(C)c(CC(C)C(=O)O)c1C. The van der Waals surface area contributed by atoms with Gasteiger partial charge in [-0.2, -0.15) is 5.10 Å². The second kappa shape index (κ2) is 5.99. The van der Waals surface area contributed by atoms with Crippen LogP contribution < -0.4 is 4.74 Å². The average molecular weight is 288 g/mol. The second-order valence-corrected chi connectivity index (χ2v) is 5.18. The van der Waals surface area contributed by atoms with Crippen LogP contribution in [0.3, 0.4) is 0 Å². The van der Waals surface area contributed by atoms with E-state index in [1.165, 1.54) is 0 Å². The lowest BCUT2D eigenvalue weighted by atomic mass is 10.00. The lowest BCUT2D eigenvalue weighted by molar-refractivity contribution is -0.141. The van der Waals surface area contributed by atoms with E-state index in [0.29, 0.717) is 6.42 Å². The van der Waals surface area contributed by atoms with Crippen molar-refractivity contribution < 1.29 is 14.6 Å². The summed E-state index contributed by atoms with van der Waals surface area (Å²) in [4.78, 5) is 11.1. The van der Waals surface area contributed by atoms with Gasteiger partial charge in [0.15, 0.2) is 0 Å². The van der Waals surface area contributed by atoms with Gasteiger partial charge in [0.2, 0.25) is 0 Å². The molecular weight excluding hydrogens is 268 g/mol. The molecule has 2 aromatic rings. The number of rotatable bonds is 5. The van der Waals surface area contributed by atoms with E-state index in [1.807, 2.05) is 42.8 Å². The fourth-order valence-corrected chi connectivity index (χ4v) is 2.40. The first-order valence-corrected chi connectivity index (χ1v) is 6.87. The predicted molar refractivity (Wildman–Crippen MR) is 80.1 cm³/mol. The molecule has 1 aromatic heterocycles. The predicted octanol–water partition coefficient (Wildman–Crippen LogP) is 2.76. The summed E-state index contributed by atoms with van der Waals surface area (Å²) < 4.78 is 7.19. The number of carbonyl (C=O) groups is 1. The van der Waals surface area contributed by atoms with Gasteiger partial charge < -0.3 is 9.84 Å². The maximum Gasteiger partial charge on any atom is 0.306 e. The van der Waals surface area contributed by atoms with Gasteiger partial charge in [0.1, 0.15) is 11.4 Å². The van der Waals surface area contributed by atoms with Crippen LogP contribution in [0.25, 0.3) is 5.69 Å². The Labute approximate surface area is 124 Å². The van der Waals surface area contributed by atoms with E-state index in [4.69, 9.17) is 9.84 Å². The fourth-order valence-electron chi connectivity index (χ4n) is 2.40. The van der Waals surface area contributed by atoms with Gasteiger partial charge in [-0.15, -0.1) is 0 Å². The lowest BCUT2D eigenvalue weighted by Gasteiger charge is -2.11. The van der Waals surface area contributed by atoms with Crippen molar-refractivity contribution in [2.45, 2.75) is 27.2 Å². The summed E-state index contributed by atoms with van der Waals surface area (Å²) in [7, 11) is 1.62. The Morgan fingerprint density at radius 2 is 2.05 bits per heavy atom. The van der Waals surface area contributed by atoms with Crippen LogP contribution in [0.4, 0.5) is 0 Å². The monoisotopic (exact) mass is 288 g/mol. The van der Waals surface area contributed by atoms with Crippen LogP contribution >= 0.6 is 0 Å². The highest BCUT2D eigenvalue weighted by atomic mass is 16.5. The van der Waals surface area contributed by atoms with E-state index in [2.05, 4.69) is 5.10 Å². The normalized spacial score (nSPS) is 12.2. The maximum atomic E-state index is 11.1. The molecule has 0 aliphatic carbocycles. The molecule has 0 saturated heterocycles. The van der Waals surface area contributed by atoms with Crippen LogP contribution in [0.2, 0.25) is 0 Å². The number of hydrogen-bond donors (Lipinski definition) is 1. The Morgan fingerprint density at radius 3 is 2.67 bits per heavy atom. The molecule has 2 rings (SSSR count). The number of carboxylic acid groups (broad SMARTS) is 1. The molecule has 0 fully saturated rings. The number of carboxylic acids is 1. The zero-order valence-corrected chi connectivity index (χ0v) is 12.8. The minimum absolute atomic E-state index is 0.433. The molecule has 1 aromatic carbocycles. The summed E-state index contributed by atoms with van der Waals surface area (Å²) in [6.07, 6.45) is 0.474. The van der Waals surface area contributed by atoms with Crippen molar-refractivity contribution in [2.24, 2.45) is 5.92 Å². The summed E-state index contributed by atoms with van der Waals surface area (Å²) in [5.41, 5.74) is 3.64. The molecule has 0 aliphatic heterocycles. The van der Waals surface area contributed by atoms with Crippen LogP contribution in [0.1, 0.15) is 23.9 Å². The summed E-state index contributed by atoms with van der Waals surface area (Å²) in [5, 5.41) is 13.6. The Morgan fingerprint density at radius 1 is 1.38 bits per heavy atom. The third kappa shape index (κ3) is 2.91. The third-order valence-electron chi connectivity index (χ3n) is 3.69. The molecule has 0 aliphatic rings. The molecular formula is C16H20N2O3. The molecule has 1 N–H and O–H groups in total. The minimum atomic E-state index is -0.793. The van der Waals surface area contributed by atoms with Gasteiger partial charge >= 0.3 is 5.97 Å². The largest absolute Gasteiger partial charge is 0.494 e. The number of benzene rings is 1. The van der Waals surface area contributed by atoms with Crippen molar-refractivity contribution >= 4 is 5.97 Å². The summed E-state index contributed by atoms with van der Waals surface area (Å²) >= 11 is 0. The number of methoxy groups -OCH3 is 1. The molecule has 0 amide bonds. The highest BCUT2D eigenvalue weighted by Crippen LogP contribution is 2.26. The van der Waals surface area contributed by atoms with E-state index in [9.17, 15) is 4.79 Å². The first-order valence-electron chi connectivity index (χ1n) is 6.87. The number of ether oxygens (including phenoxy) is 1. The fraction of sp³-hybridized carbons (Fsp3) is 0.375. The first kappa shape index (κ1) is 15.1. The minimum Gasteiger partial charge on any atom is -0.494 e. The standard InChI is InChI=1S/C16H20N2O3/c1-10(16(19)20)9-13-11(2)17-18(12(13)3)14-7-5-6-8-15(14)21-4/h5-8,10H,9H2,1-4H3,(H,19,20). The van der Waals surface area contributed by atoms with Crippen LogP contribution in [0, 0.1) is 19.8 Å². The number of hydrogen-bond acceptors (Lipinski definition) is 3. The molecule has 0 bridgehead atoms. The highest BCUT2D eigenvalue weighted by Gasteiger charge is 2.20. The first-order chi connectivity index (χ1) is 9.95. The maximum absolute atomic E-state index is 11.1. The van der Waals surface area contributed by atoms with Crippen LogP contribution in [-0.4, -0.2) is 28.0 Å². The van der Waals surface area contributed by atoms with Crippen LogP contribution in [-0.2, 0) is 11.2 Å². The molecule has 1 heterocycles. The number of aromatic nitrogens is 2. The van der Waals surface area contributed by atoms with Gasteiger partial charge in [0, 0.05) is 5.69 Å². The summed E-state index contributed by atoms with van der Waals surface area (Å²) in [5.74, 6) is -0.488. The van der Waals surface area contributed by atoms with Crippen molar-refractivity contribution in [1.82, 2.24) is 9.78 Å². The van der Waals surface area contributed by atoms with Crippen LogP contribution in [0.15, 0.2) is 24.3 Å². The molecule has 0 radical (unpaired) electrons. The van der Waals surface area contributed by atoms with E-state index in [0.717, 1.165) is 28.4 Å². The average Bonchev–Trinajstić information content (AvgIpc) is 2.75. The van der Waals surface area contributed by atoms with E-state index in [-0.39, 0.29) is 0 Å². The van der Waals surface area contributed by atoms with E-state index < -0.39 is 11.9 Å². The number of aryl methyl sites for hydroxylation is 1. The van der Waals surface area contributed by atoms with Gasteiger partial charge in [-0.25, -0.2) is 4.68 Å². The van der Waals surface area contributed by atoms with E-state index in [1.54, 1.807) is 14.0 Å². The van der Waals surface area contributed by atoms with Crippen LogP contribution in [0.5, 0.6) is 5.75 Å². The molecule has 0 spiro atoms.